The topological polar surface area (TPSA) is 23.8 Å². The molecule has 0 rings (SSSR count). The molecule has 0 amide bonds. The van der Waals surface area contributed by atoms with Gasteiger partial charge in [0.15, 0.2) is 0 Å². The maximum absolute atomic E-state index is 5.75. The van der Waals surface area contributed by atoms with Crippen molar-refractivity contribution >= 4 is 0 Å². The Bertz CT molecular complexity index is 6.85. The fourth-order valence-electron chi connectivity index (χ4n) is 0. The van der Waals surface area contributed by atoms with E-state index in [-0.39, 0.29) is 26.2 Å². The smallest absolute Gasteiger partial charge is 0.680 e. The van der Waals surface area contributed by atoms with Gasteiger partial charge in [0.25, 0.3) is 0 Å². The van der Waals surface area contributed by atoms with Gasteiger partial charge in [0.2, 0.25) is 0 Å². The van der Waals surface area contributed by atoms with Gasteiger partial charge in [0.1, 0.15) is 0 Å². The molecule has 0 radical (unpaired) electrons. The first-order valence-electron chi connectivity index (χ1n) is 1.21. The predicted octanol–water partition coefficient (Wildman–Crippen LogP) is 1.51. The molecule has 1 nitrogen and oxygen atoms in total. The summed E-state index contributed by atoms with van der Waals surface area (Å²) >= 11 is 0. The summed E-state index contributed by atoms with van der Waals surface area (Å²) in [4.78, 5) is 0. The third kappa shape index (κ3) is 55.1. The van der Waals surface area contributed by atoms with E-state index in [0.29, 0.717) is 0 Å². The van der Waals surface area contributed by atoms with Gasteiger partial charge in [-0.2, -0.15) is 14.0 Å². The van der Waals surface area contributed by atoms with Gasteiger partial charge in [-0.1, -0.05) is 0 Å². The van der Waals surface area contributed by atoms with Crippen molar-refractivity contribution in [3.05, 3.63) is 12.7 Å². The zero-order chi connectivity index (χ0) is 4.00. The Morgan fingerprint density at radius 3 is 1.20 bits per heavy atom. The van der Waals surface area contributed by atoms with Crippen molar-refractivity contribution in [1.29, 1.82) is 0 Å². The third-order valence-corrected chi connectivity index (χ3v) is 0. The molecule has 0 bridgehead atoms. The van der Waals surface area contributed by atoms with Gasteiger partial charge in [-0.25, -0.2) is 0 Å². The Morgan fingerprint density at radius 2 is 1.20 bits per heavy atom. The van der Waals surface area contributed by atoms with Crippen LogP contribution in [0.15, 0.2) is 0 Å². The van der Waals surface area contributed by atoms with Crippen LogP contribution in [0.5, 0.6) is 0 Å². The van der Waals surface area contributed by atoms with E-state index in [1.54, 1.807) is 6.92 Å². The van der Waals surface area contributed by atoms with E-state index in [0.717, 1.165) is 0 Å². The summed E-state index contributed by atoms with van der Waals surface area (Å²) < 4.78 is 0. The van der Waals surface area contributed by atoms with E-state index in [9.17, 15) is 0 Å². The first-order valence-corrected chi connectivity index (χ1v) is 1.21. The zero-order valence-electron chi connectivity index (χ0n) is 3.71. The van der Waals surface area contributed by atoms with Crippen molar-refractivity contribution in [1.82, 2.24) is 0 Å². The molecule has 0 spiro atoms. The second-order valence-corrected chi connectivity index (χ2v) is 0. The molecular weight excluding hydrogens is 141 g/mol. The molecule has 0 aromatic rings. The molecule has 0 aromatic carbocycles. The van der Waals surface area contributed by atoms with E-state index >= 15 is 0 Å². The predicted molar refractivity (Wildman–Crippen MR) is 21.3 cm³/mol. The van der Waals surface area contributed by atoms with Crippen molar-refractivity contribution in [3.63, 3.8) is 0 Å². The van der Waals surface area contributed by atoms with Gasteiger partial charge in [-0.15, -0.1) is 0 Å². The number of hydrogen-bond acceptors (Lipinski definition) is 0. The van der Waals surface area contributed by atoms with Gasteiger partial charge >= 0.3 is 26.2 Å². The Labute approximate surface area is 53.1 Å². The molecule has 30 valence electrons. The van der Waals surface area contributed by atoms with E-state index in [1.165, 1.54) is 7.05 Å². The van der Waals surface area contributed by atoms with Crippen LogP contribution in [0.2, 0.25) is 0 Å². The maximum Gasteiger partial charge on any atom is 2.00 e. The summed E-state index contributed by atoms with van der Waals surface area (Å²) in [7, 11) is 1.25. The first kappa shape index (κ1) is 17.0. The van der Waals surface area contributed by atoms with Gasteiger partial charge in [0, 0.05) is 0 Å². The SMILES string of the molecule is C[NH-].[CH2-]C.[Zr+2]. The molecule has 0 saturated carbocycles. The molecule has 0 heterocycles. The van der Waals surface area contributed by atoms with Crippen molar-refractivity contribution in [2.75, 3.05) is 7.05 Å². The second kappa shape index (κ2) is 101. The van der Waals surface area contributed by atoms with Gasteiger partial charge in [0.05, 0.1) is 0 Å². The van der Waals surface area contributed by atoms with Crippen LogP contribution in [0.4, 0.5) is 0 Å². The first-order chi connectivity index (χ1) is 2.00. The Kier molecular flexibility index (Phi) is 341. The van der Waals surface area contributed by atoms with Crippen LogP contribution in [0.1, 0.15) is 6.92 Å². The fourth-order valence-corrected chi connectivity index (χ4v) is 0. The summed E-state index contributed by atoms with van der Waals surface area (Å²) in [5.41, 5.74) is 5.75. The van der Waals surface area contributed by atoms with Crippen molar-refractivity contribution < 1.29 is 26.2 Å². The molecule has 2 heteroatoms. The Morgan fingerprint density at radius 1 is 1.20 bits per heavy atom. The van der Waals surface area contributed by atoms with Crippen molar-refractivity contribution in [3.8, 4) is 0 Å². The fraction of sp³-hybridized carbons (Fsp3) is 0.667. The largest absolute Gasteiger partial charge is 2.00 e. The van der Waals surface area contributed by atoms with E-state index in [1.807, 2.05) is 0 Å². The average molecular weight is 150 g/mol. The van der Waals surface area contributed by atoms with Crippen LogP contribution in [0, 0.1) is 6.92 Å². The Balaban J connectivity index is -0.0000000133. The normalized spacial score (nSPS) is 2.40. The minimum Gasteiger partial charge on any atom is -0.680 e. The standard InChI is InChI=1S/C2H5.CH4N.Zr/c2*1-2;/h1H2,2H3;2H,1H3;/q2*-1;+2. The molecule has 0 aromatic heterocycles. The van der Waals surface area contributed by atoms with Crippen LogP contribution >= 0.6 is 0 Å². The molecule has 0 saturated heterocycles. The van der Waals surface area contributed by atoms with E-state index < -0.39 is 0 Å². The molecule has 5 heavy (non-hydrogen) atoms. The molecule has 0 atom stereocenters. The van der Waals surface area contributed by atoms with Crippen molar-refractivity contribution in [2.24, 2.45) is 0 Å². The van der Waals surface area contributed by atoms with Gasteiger partial charge < -0.3 is 12.7 Å². The van der Waals surface area contributed by atoms with Gasteiger partial charge in [-0.3, -0.25) is 0 Å². The van der Waals surface area contributed by atoms with Crippen LogP contribution in [-0.2, 0) is 26.2 Å². The molecule has 0 fully saturated rings. The summed E-state index contributed by atoms with van der Waals surface area (Å²) in [5.74, 6) is 0. The monoisotopic (exact) mass is 149 g/mol. The summed E-state index contributed by atoms with van der Waals surface area (Å²) in [6.45, 7) is 5.00. The van der Waals surface area contributed by atoms with Crippen molar-refractivity contribution in [2.45, 2.75) is 6.92 Å². The average Bonchev–Trinajstić information content (AvgIpc) is 1.50. The minimum absolute atomic E-state index is 0. The number of hydrogen-bond donors (Lipinski definition) is 0. The van der Waals surface area contributed by atoms with Crippen LogP contribution in [-0.4, -0.2) is 7.05 Å². The summed E-state index contributed by atoms with van der Waals surface area (Å²) in [5, 5.41) is 0. The van der Waals surface area contributed by atoms with E-state index in [2.05, 4.69) is 6.92 Å². The minimum atomic E-state index is 0. The zero-order valence-corrected chi connectivity index (χ0v) is 6.17. The number of nitrogens with one attached hydrogen (secondary N) is 1. The quantitative estimate of drug-likeness (QED) is 0.467. The van der Waals surface area contributed by atoms with Gasteiger partial charge in [-0.05, 0) is 0 Å². The summed E-state index contributed by atoms with van der Waals surface area (Å²) in [6, 6.07) is 0. The van der Waals surface area contributed by atoms with Crippen LogP contribution < -0.4 is 0 Å². The third-order valence-electron chi connectivity index (χ3n) is 0. The van der Waals surface area contributed by atoms with E-state index in [4.69, 9.17) is 5.73 Å². The molecule has 0 aliphatic heterocycles. The molecular formula is C3H9NZr. The molecule has 0 aliphatic rings. The second-order valence-electron chi connectivity index (χ2n) is 0. The maximum atomic E-state index is 5.75. The molecule has 1 N–H and O–H groups in total. The van der Waals surface area contributed by atoms with Crippen LogP contribution in [0.25, 0.3) is 5.73 Å². The Hall–Kier alpha value is 0.843. The summed E-state index contributed by atoms with van der Waals surface area (Å²) in [6.07, 6.45) is 0. The molecule has 0 aliphatic carbocycles. The molecule has 0 unspecified atom stereocenters. The number of rotatable bonds is 0. The van der Waals surface area contributed by atoms with Crippen LogP contribution in [0.3, 0.4) is 0 Å².